The van der Waals surface area contributed by atoms with E-state index < -0.39 is 5.91 Å². The van der Waals surface area contributed by atoms with Crippen LogP contribution in [0.3, 0.4) is 0 Å². The lowest BCUT2D eigenvalue weighted by Crippen LogP contribution is -2.28. The van der Waals surface area contributed by atoms with Gasteiger partial charge < -0.3 is 15.8 Å². The molecule has 3 rings (SSSR count). The second kappa shape index (κ2) is 9.55. The molecule has 0 bridgehead atoms. The summed E-state index contributed by atoms with van der Waals surface area (Å²) in [4.78, 5) is 27.1. The lowest BCUT2D eigenvalue weighted by Gasteiger charge is -2.11. The Morgan fingerprint density at radius 1 is 1.23 bits per heavy atom. The number of carbonyl (C=O) groups is 2. The van der Waals surface area contributed by atoms with E-state index in [1.807, 2.05) is 6.07 Å². The zero-order valence-corrected chi connectivity index (χ0v) is 16.1. The first-order valence-electron chi connectivity index (χ1n) is 9.57. The van der Waals surface area contributed by atoms with Gasteiger partial charge in [0.15, 0.2) is 0 Å². The Balaban J connectivity index is 0.000000552. The lowest BCUT2D eigenvalue weighted by atomic mass is 10.1. The smallest absolute Gasteiger partial charge is 0.270 e. The Labute approximate surface area is 155 Å². The summed E-state index contributed by atoms with van der Waals surface area (Å²) in [7, 11) is 0. The predicted octanol–water partition coefficient (Wildman–Crippen LogP) is 3.02. The molecular formula is C20H31N3O3. The van der Waals surface area contributed by atoms with Crippen molar-refractivity contribution < 1.29 is 14.3 Å². The number of ether oxygens (including phenoxy) is 1. The van der Waals surface area contributed by atoms with Crippen LogP contribution in [0.1, 0.15) is 74.8 Å². The number of hydrogen-bond acceptors (Lipinski definition) is 4. The number of aromatic nitrogens is 1. The van der Waals surface area contributed by atoms with Crippen LogP contribution in [-0.4, -0.2) is 29.9 Å². The van der Waals surface area contributed by atoms with Gasteiger partial charge in [0, 0.05) is 18.5 Å². The number of nitrogens with zero attached hydrogens (tertiary/aromatic N) is 1. The van der Waals surface area contributed by atoms with E-state index in [2.05, 4.69) is 31.1 Å². The molecule has 3 N–H and O–H groups in total. The summed E-state index contributed by atoms with van der Waals surface area (Å²) >= 11 is 0. The molecule has 0 atom stereocenters. The molecule has 144 valence electrons. The maximum absolute atomic E-state index is 12.0. The number of nitrogens with one attached hydrogen (secondary N) is 1. The average molecular weight is 361 g/mol. The monoisotopic (exact) mass is 361 g/mol. The third-order valence-corrected chi connectivity index (χ3v) is 3.95. The minimum absolute atomic E-state index is 0.122. The third-order valence-electron chi connectivity index (χ3n) is 3.95. The van der Waals surface area contributed by atoms with Gasteiger partial charge in [0.25, 0.3) is 5.91 Å². The van der Waals surface area contributed by atoms with Crippen molar-refractivity contribution in [3.8, 4) is 5.88 Å². The van der Waals surface area contributed by atoms with Gasteiger partial charge in [0.1, 0.15) is 5.69 Å². The molecule has 1 aromatic heterocycles. The summed E-state index contributed by atoms with van der Waals surface area (Å²) in [5.74, 6) is 1.85. The van der Waals surface area contributed by atoms with E-state index in [4.69, 9.17) is 10.5 Å². The summed E-state index contributed by atoms with van der Waals surface area (Å²) in [5, 5.41) is 2.64. The van der Waals surface area contributed by atoms with Gasteiger partial charge in [-0.15, -0.1) is 0 Å². The van der Waals surface area contributed by atoms with Gasteiger partial charge in [-0.3, -0.25) is 9.59 Å². The van der Waals surface area contributed by atoms with Crippen molar-refractivity contribution in [2.24, 2.45) is 17.6 Å². The van der Waals surface area contributed by atoms with Crippen LogP contribution in [-0.2, 0) is 4.79 Å². The van der Waals surface area contributed by atoms with Gasteiger partial charge in [0.05, 0.1) is 6.61 Å². The maximum atomic E-state index is 12.0. The van der Waals surface area contributed by atoms with Crippen molar-refractivity contribution in [3.05, 3.63) is 23.4 Å². The number of pyridine rings is 1. The Bertz CT molecular complexity index is 620. The molecule has 26 heavy (non-hydrogen) atoms. The van der Waals surface area contributed by atoms with Gasteiger partial charge in [-0.2, -0.15) is 0 Å². The Morgan fingerprint density at radius 2 is 1.88 bits per heavy atom. The molecule has 0 aromatic carbocycles. The molecule has 6 nitrogen and oxygen atoms in total. The Morgan fingerprint density at radius 3 is 2.42 bits per heavy atom. The van der Waals surface area contributed by atoms with Crippen molar-refractivity contribution in [1.29, 1.82) is 0 Å². The van der Waals surface area contributed by atoms with Crippen LogP contribution in [0, 0.1) is 11.8 Å². The number of nitrogens with two attached hydrogens (primary N) is 1. The van der Waals surface area contributed by atoms with E-state index in [0.29, 0.717) is 30.0 Å². The normalized spacial score (nSPS) is 15.8. The van der Waals surface area contributed by atoms with Crippen LogP contribution in [0.2, 0.25) is 0 Å². The van der Waals surface area contributed by atoms with Crippen molar-refractivity contribution >= 4 is 11.8 Å². The summed E-state index contributed by atoms with van der Waals surface area (Å²) in [5.41, 5.74) is 6.47. The molecule has 0 radical (unpaired) electrons. The molecule has 6 heteroatoms. The molecule has 0 unspecified atom stereocenters. The molecule has 2 aliphatic rings. The molecule has 2 saturated carbocycles. The molecule has 1 aromatic rings. The summed E-state index contributed by atoms with van der Waals surface area (Å²) in [6, 6.07) is 3.66. The van der Waals surface area contributed by atoms with Crippen molar-refractivity contribution in [2.75, 3.05) is 13.2 Å². The number of hydrogen-bond donors (Lipinski definition) is 2. The van der Waals surface area contributed by atoms with Crippen LogP contribution in [0.5, 0.6) is 5.88 Å². The number of amides is 2. The molecule has 1 heterocycles. The fraction of sp³-hybridized carbons (Fsp3) is 0.650. The quantitative estimate of drug-likeness (QED) is 0.744. The first kappa shape index (κ1) is 20.2. The number of rotatable bonds is 8. The highest BCUT2D eigenvalue weighted by Crippen LogP contribution is 2.44. The Kier molecular flexibility index (Phi) is 7.42. The van der Waals surface area contributed by atoms with Crippen LogP contribution in [0.15, 0.2) is 12.1 Å². The van der Waals surface area contributed by atoms with Gasteiger partial charge in [-0.05, 0) is 49.5 Å². The second-order valence-corrected chi connectivity index (χ2v) is 7.82. The van der Waals surface area contributed by atoms with E-state index in [1.54, 1.807) is 6.07 Å². The van der Waals surface area contributed by atoms with Crippen LogP contribution in [0.25, 0.3) is 0 Å². The summed E-state index contributed by atoms with van der Waals surface area (Å²) in [6.45, 7) is 7.40. The molecule has 0 spiro atoms. The van der Waals surface area contributed by atoms with E-state index in [-0.39, 0.29) is 18.9 Å². The molecule has 2 aliphatic carbocycles. The van der Waals surface area contributed by atoms with E-state index in [1.165, 1.54) is 12.8 Å². The molecule has 0 aliphatic heterocycles. The highest BCUT2D eigenvalue weighted by Gasteiger charge is 2.29. The molecule has 0 saturated heterocycles. The average Bonchev–Trinajstić information content (AvgIpc) is 3.46. The SMILES string of the molecule is CC(C)C.NC(=O)CCNC(=O)c1ccc(C2CC2)c(OCC2CC2)n1. The second-order valence-electron chi connectivity index (χ2n) is 7.82. The van der Waals surface area contributed by atoms with Crippen molar-refractivity contribution in [3.63, 3.8) is 0 Å². The number of primary amides is 1. The largest absolute Gasteiger partial charge is 0.477 e. The maximum Gasteiger partial charge on any atom is 0.270 e. The van der Waals surface area contributed by atoms with Crippen LogP contribution < -0.4 is 15.8 Å². The fourth-order valence-electron chi connectivity index (χ4n) is 2.27. The van der Waals surface area contributed by atoms with Crippen molar-refractivity contribution in [2.45, 2.75) is 58.8 Å². The topological polar surface area (TPSA) is 94.3 Å². The van der Waals surface area contributed by atoms with Crippen LogP contribution >= 0.6 is 0 Å². The standard InChI is InChI=1S/C16H21N3O3.C4H10/c17-14(20)7-8-18-15(21)13-6-5-12(11-3-4-11)16(19-13)22-9-10-1-2-10;1-4(2)3/h5-6,10-11H,1-4,7-9H2,(H2,17,20)(H,18,21);4H,1-3H3. The third kappa shape index (κ3) is 7.42. The minimum atomic E-state index is -0.439. The fourth-order valence-corrected chi connectivity index (χ4v) is 2.27. The lowest BCUT2D eigenvalue weighted by molar-refractivity contribution is -0.117. The number of carbonyl (C=O) groups excluding carboxylic acids is 2. The predicted molar refractivity (Wildman–Crippen MR) is 101 cm³/mol. The van der Waals surface area contributed by atoms with Gasteiger partial charge in [0.2, 0.25) is 11.8 Å². The first-order valence-corrected chi connectivity index (χ1v) is 9.57. The zero-order chi connectivity index (χ0) is 19.1. The van der Waals surface area contributed by atoms with Crippen LogP contribution in [0.4, 0.5) is 0 Å². The molecule has 2 fully saturated rings. The highest BCUT2D eigenvalue weighted by atomic mass is 16.5. The van der Waals surface area contributed by atoms with Gasteiger partial charge >= 0.3 is 0 Å². The highest BCUT2D eigenvalue weighted by molar-refractivity contribution is 5.92. The first-order chi connectivity index (χ1) is 12.4. The Hall–Kier alpha value is -2.11. The van der Waals surface area contributed by atoms with Gasteiger partial charge in [-0.25, -0.2) is 4.98 Å². The summed E-state index contributed by atoms with van der Waals surface area (Å²) in [6.07, 6.45) is 4.87. The molecule has 2 amide bonds. The van der Waals surface area contributed by atoms with E-state index in [0.717, 1.165) is 24.3 Å². The van der Waals surface area contributed by atoms with E-state index >= 15 is 0 Å². The van der Waals surface area contributed by atoms with Gasteiger partial charge in [-0.1, -0.05) is 26.8 Å². The zero-order valence-electron chi connectivity index (χ0n) is 16.1. The molecular weight excluding hydrogens is 330 g/mol. The summed E-state index contributed by atoms with van der Waals surface area (Å²) < 4.78 is 5.83. The minimum Gasteiger partial charge on any atom is -0.477 e. The van der Waals surface area contributed by atoms with Crippen molar-refractivity contribution in [1.82, 2.24) is 10.3 Å². The van der Waals surface area contributed by atoms with E-state index in [9.17, 15) is 9.59 Å².